The molecule has 1 amide bonds. The number of nitrogens with one attached hydrogen (secondary N) is 1. The molecular weight excluding hydrogens is 268 g/mol. The standard InChI is InChI=1S/C11H16N4O3S/c1-12-10-8-13-7-9(14-10)11(16)15-3-2-5-19(17,18)6-4-15/h7-8H,2-6H2,1H3,(H,12,14). The summed E-state index contributed by atoms with van der Waals surface area (Å²) in [6.07, 6.45) is 3.37. The topological polar surface area (TPSA) is 92.3 Å². The number of hydrogen-bond donors (Lipinski definition) is 1. The summed E-state index contributed by atoms with van der Waals surface area (Å²) in [6.45, 7) is 0.649. The lowest BCUT2D eigenvalue weighted by molar-refractivity contribution is 0.0762. The summed E-state index contributed by atoms with van der Waals surface area (Å²) in [7, 11) is -1.33. The Bertz CT molecular complexity index is 573. The van der Waals surface area contributed by atoms with Crippen molar-refractivity contribution >= 4 is 21.6 Å². The van der Waals surface area contributed by atoms with Gasteiger partial charge in [0.05, 0.1) is 23.9 Å². The van der Waals surface area contributed by atoms with Crippen LogP contribution in [-0.4, -0.2) is 60.8 Å². The number of aromatic nitrogens is 2. The minimum absolute atomic E-state index is 0.0118. The van der Waals surface area contributed by atoms with Gasteiger partial charge in [0, 0.05) is 20.1 Å². The highest BCUT2D eigenvalue weighted by Crippen LogP contribution is 2.10. The summed E-state index contributed by atoms with van der Waals surface area (Å²) < 4.78 is 23.0. The molecule has 0 aliphatic carbocycles. The average Bonchev–Trinajstić information content (AvgIpc) is 2.59. The molecule has 0 aromatic carbocycles. The van der Waals surface area contributed by atoms with E-state index >= 15 is 0 Å². The Balaban J connectivity index is 2.14. The third-order valence-corrected chi connectivity index (χ3v) is 4.67. The number of carbonyl (C=O) groups is 1. The molecule has 0 atom stereocenters. The van der Waals surface area contributed by atoms with E-state index in [4.69, 9.17) is 0 Å². The molecule has 0 spiro atoms. The summed E-state index contributed by atoms with van der Waals surface area (Å²) in [4.78, 5) is 21.8. The number of sulfone groups is 1. The minimum atomic E-state index is -3.02. The summed E-state index contributed by atoms with van der Waals surface area (Å²) in [5, 5.41) is 2.81. The van der Waals surface area contributed by atoms with E-state index in [1.807, 2.05) is 0 Å². The van der Waals surface area contributed by atoms with Crippen LogP contribution in [0.3, 0.4) is 0 Å². The van der Waals surface area contributed by atoms with Crippen LogP contribution in [-0.2, 0) is 9.84 Å². The smallest absolute Gasteiger partial charge is 0.274 e. The van der Waals surface area contributed by atoms with Crippen LogP contribution in [0, 0.1) is 0 Å². The van der Waals surface area contributed by atoms with Crippen LogP contribution in [0.15, 0.2) is 12.4 Å². The van der Waals surface area contributed by atoms with Crippen LogP contribution >= 0.6 is 0 Å². The summed E-state index contributed by atoms with van der Waals surface area (Å²) in [6, 6.07) is 0. The van der Waals surface area contributed by atoms with E-state index in [0.717, 1.165) is 0 Å². The molecule has 104 valence electrons. The Hall–Kier alpha value is -1.70. The van der Waals surface area contributed by atoms with E-state index in [1.165, 1.54) is 17.3 Å². The number of amides is 1. The van der Waals surface area contributed by atoms with Gasteiger partial charge in [0.2, 0.25) is 0 Å². The maximum absolute atomic E-state index is 12.2. The van der Waals surface area contributed by atoms with Crippen LogP contribution in [0.25, 0.3) is 0 Å². The first-order valence-electron chi connectivity index (χ1n) is 6.01. The Morgan fingerprint density at radius 2 is 2.11 bits per heavy atom. The van der Waals surface area contributed by atoms with Crippen LogP contribution in [0.1, 0.15) is 16.9 Å². The van der Waals surface area contributed by atoms with Gasteiger partial charge in [-0.15, -0.1) is 0 Å². The van der Waals surface area contributed by atoms with Crippen molar-refractivity contribution in [1.29, 1.82) is 0 Å². The van der Waals surface area contributed by atoms with Crippen molar-refractivity contribution in [2.24, 2.45) is 0 Å². The van der Waals surface area contributed by atoms with Crippen molar-refractivity contribution in [2.75, 3.05) is 37.0 Å². The van der Waals surface area contributed by atoms with E-state index < -0.39 is 9.84 Å². The molecule has 2 rings (SSSR count). The fraction of sp³-hybridized carbons (Fsp3) is 0.545. The van der Waals surface area contributed by atoms with Gasteiger partial charge in [0.25, 0.3) is 5.91 Å². The van der Waals surface area contributed by atoms with Crippen LogP contribution in [0.4, 0.5) is 5.82 Å². The predicted molar refractivity (Wildman–Crippen MR) is 70.8 cm³/mol. The fourth-order valence-corrected chi connectivity index (χ4v) is 3.16. The summed E-state index contributed by atoms with van der Waals surface area (Å²) in [5.41, 5.74) is 0.228. The second kappa shape index (κ2) is 5.52. The molecule has 19 heavy (non-hydrogen) atoms. The molecule has 1 aliphatic heterocycles. The first-order chi connectivity index (χ1) is 9.02. The monoisotopic (exact) mass is 284 g/mol. The summed E-state index contributed by atoms with van der Waals surface area (Å²) >= 11 is 0. The number of nitrogens with zero attached hydrogens (tertiary/aromatic N) is 3. The molecule has 0 bridgehead atoms. The second-order valence-electron chi connectivity index (χ2n) is 4.34. The van der Waals surface area contributed by atoms with E-state index in [2.05, 4.69) is 15.3 Å². The lowest BCUT2D eigenvalue weighted by Gasteiger charge is -2.19. The van der Waals surface area contributed by atoms with Gasteiger partial charge in [0.15, 0.2) is 9.84 Å². The maximum Gasteiger partial charge on any atom is 0.274 e. The quantitative estimate of drug-likeness (QED) is 0.807. The molecule has 1 saturated heterocycles. The highest BCUT2D eigenvalue weighted by molar-refractivity contribution is 7.91. The van der Waals surface area contributed by atoms with E-state index in [1.54, 1.807) is 7.05 Å². The normalized spacial score (nSPS) is 18.7. The van der Waals surface area contributed by atoms with Crippen LogP contribution in [0.5, 0.6) is 0 Å². The fourth-order valence-electron chi connectivity index (χ4n) is 1.89. The van der Waals surface area contributed by atoms with Crippen LogP contribution in [0.2, 0.25) is 0 Å². The zero-order valence-electron chi connectivity index (χ0n) is 10.7. The van der Waals surface area contributed by atoms with E-state index in [9.17, 15) is 13.2 Å². The van der Waals surface area contributed by atoms with Gasteiger partial charge in [-0.05, 0) is 6.42 Å². The Morgan fingerprint density at radius 1 is 1.32 bits per heavy atom. The Morgan fingerprint density at radius 3 is 2.84 bits per heavy atom. The lowest BCUT2D eigenvalue weighted by Crippen LogP contribution is -2.34. The van der Waals surface area contributed by atoms with E-state index in [0.29, 0.717) is 18.8 Å². The van der Waals surface area contributed by atoms with Crippen molar-refractivity contribution in [3.05, 3.63) is 18.1 Å². The van der Waals surface area contributed by atoms with Crippen molar-refractivity contribution in [3.8, 4) is 0 Å². The SMILES string of the molecule is CNc1cncc(C(=O)N2CCCS(=O)(=O)CC2)n1. The molecule has 1 fully saturated rings. The molecule has 7 nitrogen and oxygen atoms in total. The van der Waals surface area contributed by atoms with E-state index in [-0.39, 0.29) is 29.7 Å². The number of anilines is 1. The second-order valence-corrected chi connectivity index (χ2v) is 6.64. The van der Waals surface area contributed by atoms with Gasteiger partial charge in [0.1, 0.15) is 11.5 Å². The first-order valence-corrected chi connectivity index (χ1v) is 7.83. The molecule has 1 aromatic heterocycles. The zero-order chi connectivity index (χ0) is 13.9. The first kappa shape index (κ1) is 13.7. The van der Waals surface area contributed by atoms with Crippen LogP contribution < -0.4 is 5.32 Å². The van der Waals surface area contributed by atoms with Crippen molar-refractivity contribution in [3.63, 3.8) is 0 Å². The summed E-state index contributed by atoms with van der Waals surface area (Å²) in [5.74, 6) is 0.381. The highest BCUT2D eigenvalue weighted by Gasteiger charge is 2.24. The molecule has 0 radical (unpaired) electrons. The van der Waals surface area contributed by atoms with Gasteiger partial charge in [-0.2, -0.15) is 0 Å². The number of carbonyl (C=O) groups excluding carboxylic acids is 1. The minimum Gasteiger partial charge on any atom is -0.372 e. The van der Waals surface area contributed by atoms with Crippen molar-refractivity contribution in [2.45, 2.75) is 6.42 Å². The Labute approximate surface area is 112 Å². The van der Waals surface area contributed by atoms with Gasteiger partial charge >= 0.3 is 0 Å². The molecule has 1 aromatic rings. The van der Waals surface area contributed by atoms with Gasteiger partial charge in [-0.1, -0.05) is 0 Å². The highest BCUT2D eigenvalue weighted by atomic mass is 32.2. The molecular formula is C11H16N4O3S. The number of rotatable bonds is 2. The van der Waals surface area contributed by atoms with Crippen molar-refractivity contribution in [1.82, 2.24) is 14.9 Å². The van der Waals surface area contributed by atoms with Crippen molar-refractivity contribution < 1.29 is 13.2 Å². The molecule has 8 heteroatoms. The third-order valence-electron chi connectivity index (χ3n) is 2.95. The Kier molecular flexibility index (Phi) is 3.98. The average molecular weight is 284 g/mol. The molecule has 2 heterocycles. The van der Waals surface area contributed by atoms with Gasteiger partial charge < -0.3 is 10.2 Å². The predicted octanol–water partition coefficient (Wildman–Crippen LogP) is -0.221. The van der Waals surface area contributed by atoms with Gasteiger partial charge in [-0.3, -0.25) is 9.78 Å². The lowest BCUT2D eigenvalue weighted by atomic mass is 10.3. The zero-order valence-corrected chi connectivity index (χ0v) is 11.5. The molecule has 0 saturated carbocycles. The van der Waals surface area contributed by atoms with Gasteiger partial charge in [-0.25, -0.2) is 13.4 Å². The number of hydrogen-bond acceptors (Lipinski definition) is 6. The largest absolute Gasteiger partial charge is 0.372 e. The molecule has 1 N–H and O–H groups in total. The maximum atomic E-state index is 12.2. The molecule has 1 aliphatic rings. The third kappa shape index (κ3) is 3.40. The molecule has 0 unspecified atom stereocenters.